The number of nitrogens with one attached hydrogen (secondary N) is 1. The van der Waals surface area contributed by atoms with Gasteiger partial charge in [0.2, 0.25) is 11.8 Å². The predicted octanol–water partition coefficient (Wildman–Crippen LogP) is 4.83. The Bertz CT molecular complexity index is 1120. The number of ether oxygens (including phenoxy) is 1. The second-order valence-electron chi connectivity index (χ2n) is 7.78. The average molecular weight is 454 g/mol. The SMILES string of the molecule is Cc1noc(C)c1COc1ccc(CC(=O)Nc2ccc(N3CCCC3=O)c(Cl)c2)cc1. The zero-order chi connectivity index (χ0) is 22.7. The molecule has 0 spiro atoms. The number of carbonyl (C=O) groups is 2. The maximum absolute atomic E-state index is 12.5. The Kier molecular flexibility index (Phi) is 6.46. The van der Waals surface area contributed by atoms with E-state index in [1.54, 1.807) is 23.1 Å². The van der Waals surface area contributed by atoms with E-state index >= 15 is 0 Å². The molecule has 4 rings (SSSR count). The number of aryl methyl sites for hydroxylation is 2. The topological polar surface area (TPSA) is 84.7 Å². The number of anilines is 2. The molecule has 0 saturated carbocycles. The van der Waals surface area contributed by atoms with Gasteiger partial charge in [0.05, 0.1) is 28.4 Å². The summed E-state index contributed by atoms with van der Waals surface area (Å²) in [5, 5.41) is 7.22. The Morgan fingerprint density at radius 2 is 2.00 bits per heavy atom. The fourth-order valence-corrected chi connectivity index (χ4v) is 3.95. The van der Waals surface area contributed by atoms with Gasteiger partial charge in [-0.2, -0.15) is 0 Å². The summed E-state index contributed by atoms with van der Waals surface area (Å²) in [6.45, 7) is 4.78. The standard InChI is InChI=1S/C24H24ClN3O4/c1-15-20(16(2)32-27-15)14-31-19-8-5-17(6-9-19)12-23(29)26-18-7-10-22(21(25)13-18)28-11-3-4-24(28)30/h5-10,13H,3-4,11-12,14H2,1-2H3,(H,26,29). The van der Waals surface area contributed by atoms with Crippen LogP contribution in [-0.4, -0.2) is 23.5 Å². The highest BCUT2D eigenvalue weighted by Gasteiger charge is 2.23. The van der Waals surface area contributed by atoms with Crippen LogP contribution in [-0.2, 0) is 22.6 Å². The smallest absolute Gasteiger partial charge is 0.228 e. The summed E-state index contributed by atoms with van der Waals surface area (Å²) in [6, 6.07) is 12.6. The number of halogens is 1. The van der Waals surface area contributed by atoms with E-state index in [1.165, 1.54) is 0 Å². The largest absolute Gasteiger partial charge is 0.489 e. The Hall–Kier alpha value is -3.32. The van der Waals surface area contributed by atoms with Gasteiger partial charge in [0.15, 0.2) is 0 Å². The van der Waals surface area contributed by atoms with Crippen LogP contribution in [0.1, 0.15) is 35.4 Å². The number of hydrogen-bond donors (Lipinski definition) is 1. The molecule has 0 bridgehead atoms. The number of rotatable bonds is 7. The molecule has 0 unspecified atom stereocenters. The first-order chi connectivity index (χ1) is 15.4. The van der Waals surface area contributed by atoms with Crippen molar-refractivity contribution >= 4 is 34.8 Å². The van der Waals surface area contributed by atoms with E-state index in [0.29, 0.717) is 41.7 Å². The van der Waals surface area contributed by atoms with E-state index in [9.17, 15) is 9.59 Å². The monoisotopic (exact) mass is 453 g/mol. The van der Waals surface area contributed by atoms with Crippen molar-refractivity contribution in [1.82, 2.24) is 5.16 Å². The average Bonchev–Trinajstić information content (AvgIpc) is 3.32. The summed E-state index contributed by atoms with van der Waals surface area (Å²) in [7, 11) is 0. The Morgan fingerprint density at radius 3 is 2.62 bits per heavy atom. The van der Waals surface area contributed by atoms with Crippen LogP contribution >= 0.6 is 11.6 Å². The van der Waals surface area contributed by atoms with Crippen molar-refractivity contribution in [3.05, 3.63) is 70.1 Å². The van der Waals surface area contributed by atoms with Gasteiger partial charge in [-0.1, -0.05) is 28.9 Å². The number of hydrogen-bond acceptors (Lipinski definition) is 5. The van der Waals surface area contributed by atoms with Gasteiger partial charge in [-0.3, -0.25) is 9.59 Å². The second kappa shape index (κ2) is 9.44. The van der Waals surface area contributed by atoms with Gasteiger partial charge >= 0.3 is 0 Å². The normalized spacial score (nSPS) is 13.5. The zero-order valence-corrected chi connectivity index (χ0v) is 18.7. The molecule has 2 heterocycles. The van der Waals surface area contributed by atoms with E-state index in [1.807, 2.05) is 38.1 Å². The van der Waals surface area contributed by atoms with Gasteiger partial charge in [-0.15, -0.1) is 0 Å². The molecule has 0 radical (unpaired) electrons. The lowest BCUT2D eigenvalue weighted by atomic mass is 10.1. The molecular formula is C24H24ClN3O4. The molecule has 0 atom stereocenters. The van der Waals surface area contributed by atoms with Gasteiger partial charge in [0.25, 0.3) is 0 Å². The Balaban J connectivity index is 1.32. The van der Waals surface area contributed by atoms with Crippen LogP contribution in [0, 0.1) is 13.8 Å². The molecular weight excluding hydrogens is 430 g/mol. The lowest BCUT2D eigenvalue weighted by Crippen LogP contribution is -2.24. The van der Waals surface area contributed by atoms with Crippen LogP contribution in [0.25, 0.3) is 0 Å². The molecule has 1 aliphatic heterocycles. The van der Waals surface area contributed by atoms with Gasteiger partial charge < -0.3 is 19.5 Å². The highest BCUT2D eigenvalue weighted by atomic mass is 35.5. The van der Waals surface area contributed by atoms with E-state index in [2.05, 4.69) is 10.5 Å². The highest BCUT2D eigenvalue weighted by Crippen LogP contribution is 2.31. The number of benzene rings is 2. The quantitative estimate of drug-likeness (QED) is 0.553. The van der Waals surface area contributed by atoms with Crippen molar-refractivity contribution in [2.75, 3.05) is 16.8 Å². The third-order valence-electron chi connectivity index (χ3n) is 5.45. The van der Waals surface area contributed by atoms with Crippen LogP contribution in [0.5, 0.6) is 5.75 Å². The molecule has 1 N–H and O–H groups in total. The van der Waals surface area contributed by atoms with Gasteiger partial charge in [-0.05, 0) is 56.2 Å². The van der Waals surface area contributed by atoms with Crippen LogP contribution in [0.3, 0.4) is 0 Å². The maximum atomic E-state index is 12.5. The molecule has 1 aliphatic rings. The summed E-state index contributed by atoms with van der Waals surface area (Å²) in [6.07, 6.45) is 1.59. The molecule has 166 valence electrons. The lowest BCUT2D eigenvalue weighted by molar-refractivity contribution is -0.117. The van der Waals surface area contributed by atoms with Crippen LogP contribution in [0.15, 0.2) is 47.0 Å². The third kappa shape index (κ3) is 4.94. The summed E-state index contributed by atoms with van der Waals surface area (Å²) in [4.78, 5) is 26.1. The minimum absolute atomic E-state index is 0.0720. The lowest BCUT2D eigenvalue weighted by Gasteiger charge is -2.18. The molecule has 2 aromatic carbocycles. The molecule has 32 heavy (non-hydrogen) atoms. The molecule has 7 nitrogen and oxygen atoms in total. The summed E-state index contributed by atoms with van der Waals surface area (Å²) >= 11 is 6.35. The number of aromatic nitrogens is 1. The second-order valence-corrected chi connectivity index (χ2v) is 8.18. The van der Waals surface area contributed by atoms with Gasteiger partial charge in [0.1, 0.15) is 18.1 Å². The summed E-state index contributed by atoms with van der Waals surface area (Å²) in [5.74, 6) is 1.36. The van der Waals surface area contributed by atoms with E-state index in [0.717, 1.165) is 29.0 Å². The van der Waals surface area contributed by atoms with E-state index in [-0.39, 0.29) is 18.2 Å². The van der Waals surface area contributed by atoms with Gasteiger partial charge in [-0.25, -0.2) is 0 Å². The number of amides is 2. The predicted molar refractivity (Wildman–Crippen MR) is 122 cm³/mol. The first-order valence-corrected chi connectivity index (χ1v) is 10.8. The van der Waals surface area contributed by atoms with Crippen molar-refractivity contribution in [3.8, 4) is 5.75 Å². The van der Waals surface area contributed by atoms with Crippen LogP contribution in [0.4, 0.5) is 11.4 Å². The minimum Gasteiger partial charge on any atom is -0.489 e. The summed E-state index contributed by atoms with van der Waals surface area (Å²) in [5.41, 5.74) is 3.88. The molecule has 1 saturated heterocycles. The molecule has 8 heteroatoms. The van der Waals surface area contributed by atoms with E-state index < -0.39 is 0 Å². The number of nitrogens with zero attached hydrogens (tertiary/aromatic N) is 2. The molecule has 3 aromatic rings. The van der Waals surface area contributed by atoms with Crippen LogP contribution < -0.4 is 15.0 Å². The first-order valence-electron chi connectivity index (χ1n) is 10.4. The summed E-state index contributed by atoms with van der Waals surface area (Å²) < 4.78 is 10.9. The van der Waals surface area contributed by atoms with Crippen molar-refractivity contribution in [1.29, 1.82) is 0 Å². The van der Waals surface area contributed by atoms with Crippen molar-refractivity contribution in [2.24, 2.45) is 0 Å². The van der Waals surface area contributed by atoms with Crippen molar-refractivity contribution in [3.63, 3.8) is 0 Å². The maximum Gasteiger partial charge on any atom is 0.228 e. The van der Waals surface area contributed by atoms with Crippen LogP contribution in [0.2, 0.25) is 5.02 Å². The Labute approximate surface area is 191 Å². The molecule has 1 aromatic heterocycles. The van der Waals surface area contributed by atoms with E-state index in [4.69, 9.17) is 20.9 Å². The molecule has 0 aliphatic carbocycles. The van der Waals surface area contributed by atoms with Gasteiger partial charge in [0, 0.05) is 18.7 Å². The highest BCUT2D eigenvalue weighted by molar-refractivity contribution is 6.34. The van der Waals surface area contributed by atoms with Crippen molar-refractivity contribution in [2.45, 2.75) is 39.7 Å². The zero-order valence-electron chi connectivity index (χ0n) is 18.0. The van der Waals surface area contributed by atoms with Crippen molar-refractivity contribution < 1.29 is 18.8 Å². The number of carbonyl (C=O) groups excluding carboxylic acids is 2. The molecule has 1 fully saturated rings. The Morgan fingerprint density at radius 1 is 1.22 bits per heavy atom. The minimum atomic E-state index is -0.157. The first kappa shape index (κ1) is 21.9. The fourth-order valence-electron chi connectivity index (χ4n) is 3.66. The third-order valence-corrected chi connectivity index (χ3v) is 5.75. The fraction of sp³-hybridized carbons (Fsp3) is 0.292. The molecule has 2 amide bonds.